The monoisotopic (exact) mass is 312 g/mol. The van der Waals surface area contributed by atoms with Crippen LogP contribution in [0, 0.1) is 5.41 Å². The summed E-state index contributed by atoms with van der Waals surface area (Å²) >= 11 is 0. The minimum absolute atomic E-state index is 0.0568. The van der Waals surface area contributed by atoms with Crippen molar-refractivity contribution in [1.82, 2.24) is 19.1 Å². The molecule has 1 aromatic rings. The van der Waals surface area contributed by atoms with E-state index in [1.807, 2.05) is 11.6 Å². The van der Waals surface area contributed by atoms with Gasteiger partial charge in [-0.15, -0.1) is 10.2 Å². The topological polar surface area (TPSA) is 68.1 Å². The average Bonchev–Trinajstić information content (AvgIpc) is 3.04. The molecule has 6 nitrogen and oxygen atoms in total. The van der Waals surface area contributed by atoms with Crippen LogP contribution in [-0.2, 0) is 17.1 Å². The average molecular weight is 312 g/mol. The largest absolute Gasteiger partial charge is 0.320 e. The van der Waals surface area contributed by atoms with Crippen LogP contribution in [0.3, 0.4) is 0 Å². The lowest BCUT2D eigenvalue weighted by Crippen LogP contribution is -2.35. The lowest BCUT2D eigenvalue weighted by molar-refractivity contribution is 0.177. The summed E-state index contributed by atoms with van der Waals surface area (Å²) in [4.78, 5) is 0. The van der Waals surface area contributed by atoms with Crippen molar-refractivity contribution in [3.8, 4) is 0 Å². The molecule has 2 heterocycles. The molecule has 1 aliphatic carbocycles. The van der Waals surface area contributed by atoms with E-state index in [4.69, 9.17) is 0 Å². The van der Waals surface area contributed by atoms with E-state index in [2.05, 4.69) is 10.2 Å². The van der Waals surface area contributed by atoms with E-state index in [0.29, 0.717) is 13.1 Å². The standard InChI is InChI=1S/C14H24N4O2S/c1-3-21(19,20)18-9-12(13-16-15-11-17(13)2)14(10-18)7-5-4-6-8-14/h11-12H,3-10H2,1-2H3. The number of aromatic nitrogens is 3. The van der Waals surface area contributed by atoms with Crippen molar-refractivity contribution in [3.05, 3.63) is 12.2 Å². The Labute approximate surface area is 126 Å². The van der Waals surface area contributed by atoms with Gasteiger partial charge in [-0.2, -0.15) is 0 Å². The van der Waals surface area contributed by atoms with Crippen LogP contribution in [0.1, 0.15) is 50.8 Å². The molecule has 1 unspecified atom stereocenters. The first-order chi connectivity index (χ1) is 9.98. The molecule has 1 spiro atoms. The van der Waals surface area contributed by atoms with Crippen LogP contribution >= 0.6 is 0 Å². The Morgan fingerprint density at radius 1 is 1.33 bits per heavy atom. The van der Waals surface area contributed by atoms with Gasteiger partial charge in [-0.3, -0.25) is 0 Å². The van der Waals surface area contributed by atoms with Crippen molar-refractivity contribution in [1.29, 1.82) is 0 Å². The summed E-state index contributed by atoms with van der Waals surface area (Å²) in [6.45, 7) is 2.93. The molecule has 7 heteroatoms. The molecule has 1 saturated carbocycles. The fourth-order valence-electron chi connectivity index (χ4n) is 4.04. The third kappa shape index (κ3) is 2.50. The second-order valence-electron chi connectivity index (χ2n) is 6.47. The lowest BCUT2D eigenvalue weighted by atomic mass is 9.67. The first-order valence-corrected chi connectivity index (χ1v) is 9.41. The maximum Gasteiger partial charge on any atom is 0.213 e. The molecule has 21 heavy (non-hydrogen) atoms. The number of sulfonamides is 1. The maximum atomic E-state index is 12.3. The zero-order chi connectivity index (χ0) is 15.1. The predicted molar refractivity (Wildman–Crippen MR) is 80.3 cm³/mol. The molecule has 1 aromatic heterocycles. The second-order valence-corrected chi connectivity index (χ2v) is 8.73. The molecule has 1 aliphatic heterocycles. The van der Waals surface area contributed by atoms with Crippen molar-refractivity contribution in [3.63, 3.8) is 0 Å². The second kappa shape index (κ2) is 5.35. The van der Waals surface area contributed by atoms with Crippen molar-refractivity contribution in [2.75, 3.05) is 18.8 Å². The highest BCUT2D eigenvalue weighted by molar-refractivity contribution is 7.89. The fraction of sp³-hybridized carbons (Fsp3) is 0.857. The zero-order valence-corrected chi connectivity index (χ0v) is 13.6. The van der Waals surface area contributed by atoms with Crippen LogP contribution in [0.15, 0.2) is 6.33 Å². The third-order valence-corrected chi connectivity index (χ3v) is 7.08. The Morgan fingerprint density at radius 3 is 2.62 bits per heavy atom. The summed E-state index contributed by atoms with van der Waals surface area (Å²) in [5, 5.41) is 8.28. The van der Waals surface area contributed by atoms with Crippen LogP contribution < -0.4 is 0 Å². The van der Waals surface area contributed by atoms with Crippen LogP contribution in [-0.4, -0.2) is 46.3 Å². The number of hydrogen-bond donors (Lipinski definition) is 0. The summed E-state index contributed by atoms with van der Waals surface area (Å²) in [5.41, 5.74) is 0.0568. The highest BCUT2D eigenvalue weighted by atomic mass is 32.2. The summed E-state index contributed by atoms with van der Waals surface area (Å²) in [6.07, 6.45) is 7.54. The van der Waals surface area contributed by atoms with Gasteiger partial charge in [-0.1, -0.05) is 19.3 Å². The summed E-state index contributed by atoms with van der Waals surface area (Å²) in [7, 11) is -1.19. The van der Waals surface area contributed by atoms with Gasteiger partial charge in [0.2, 0.25) is 10.0 Å². The van der Waals surface area contributed by atoms with E-state index in [1.54, 1.807) is 17.6 Å². The van der Waals surface area contributed by atoms with E-state index >= 15 is 0 Å². The van der Waals surface area contributed by atoms with E-state index < -0.39 is 10.0 Å². The Balaban J connectivity index is 1.97. The number of hydrogen-bond acceptors (Lipinski definition) is 4. The Hall–Kier alpha value is -0.950. The smallest absolute Gasteiger partial charge is 0.213 e. The van der Waals surface area contributed by atoms with E-state index in [9.17, 15) is 8.42 Å². The normalized spacial score (nSPS) is 26.5. The molecule has 0 N–H and O–H groups in total. The van der Waals surface area contributed by atoms with Gasteiger partial charge in [-0.05, 0) is 25.2 Å². The maximum absolute atomic E-state index is 12.3. The lowest BCUT2D eigenvalue weighted by Gasteiger charge is -2.37. The van der Waals surface area contributed by atoms with Crippen LogP contribution in [0.5, 0.6) is 0 Å². The summed E-state index contributed by atoms with van der Waals surface area (Å²) in [5.74, 6) is 1.28. The Kier molecular flexibility index (Phi) is 3.81. The van der Waals surface area contributed by atoms with Crippen molar-refractivity contribution in [2.24, 2.45) is 12.5 Å². The van der Waals surface area contributed by atoms with E-state index in [1.165, 1.54) is 19.3 Å². The Bertz CT molecular complexity index is 604. The fourth-order valence-corrected chi connectivity index (χ4v) is 5.24. The van der Waals surface area contributed by atoms with Gasteiger partial charge in [0.1, 0.15) is 12.2 Å². The molecule has 118 valence electrons. The van der Waals surface area contributed by atoms with Gasteiger partial charge in [0, 0.05) is 26.1 Å². The highest BCUT2D eigenvalue weighted by Gasteiger charge is 2.51. The number of nitrogens with zero attached hydrogens (tertiary/aromatic N) is 4. The minimum atomic E-state index is -3.13. The molecule has 1 atom stereocenters. The van der Waals surface area contributed by atoms with Gasteiger partial charge in [-0.25, -0.2) is 12.7 Å². The SMILES string of the molecule is CCS(=O)(=O)N1CC(c2nncn2C)C2(CCCCC2)C1. The molecule has 0 bridgehead atoms. The first kappa shape index (κ1) is 15.0. The predicted octanol–water partition coefficient (Wildman–Crippen LogP) is 1.51. The van der Waals surface area contributed by atoms with Gasteiger partial charge < -0.3 is 4.57 Å². The molecule has 2 aliphatic rings. The molecule has 2 fully saturated rings. The van der Waals surface area contributed by atoms with Gasteiger partial charge in [0.05, 0.1) is 5.75 Å². The first-order valence-electron chi connectivity index (χ1n) is 7.80. The van der Waals surface area contributed by atoms with Crippen LogP contribution in [0.2, 0.25) is 0 Å². The number of rotatable bonds is 3. The Morgan fingerprint density at radius 2 is 2.05 bits per heavy atom. The molecule has 3 rings (SSSR count). The molecule has 0 radical (unpaired) electrons. The van der Waals surface area contributed by atoms with Gasteiger partial charge in [0.25, 0.3) is 0 Å². The van der Waals surface area contributed by atoms with Gasteiger partial charge >= 0.3 is 0 Å². The van der Waals surface area contributed by atoms with E-state index in [-0.39, 0.29) is 17.1 Å². The molecule has 1 saturated heterocycles. The third-order valence-electron chi connectivity index (χ3n) is 5.28. The van der Waals surface area contributed by atoms with Gasteiger partial charge in [0.15, 0.2) is 0 Å². The van der Waals surface area contributed by atoms with Crippen molar-refractivity contribution < 1.29 is 8.42 Å². The van der Waals surface area contributed by atoms with Crippen molar-refractivity contribution >= 4 is 10.0 Å². The molecule has 0 amide bonds. The quantitative estimate of drug-likeness (QED) is 0.848. The molecular formula is C14H24N4O2S. The number of aryl methyl sites for hydroxylation is 1. The molecular weight excluding hydrogens is 288 g/mol. The minimum Gasteiger partial charge on any atom is -0.320 e. The van der Waals surface area contributed by atoms with Crippen molar-refractivity contribution in [2.45, 2.75) is 44.9 Å². The van der Waals surface area contributed by atoms with E-state index in [0.717, 1.165) is 18.7 Å². The van der Waals surface area contributed by atoms with Crippen LogP contribution in [0.25, 0.3) is 0 Å². The van der Waals surface area contributed by atoms with Crippen LogP contribution in [0.4, 0.5) is 0 Å². The summed E-state index contributed by atoms with van der Waals surface area (Å²) in [6, 6.07) is 0. The zero-order valence-electron chi connectivity index (χ0n) is 12.8. The highest BCUT2D eigenvalue weighted by Crippen LogP contribution is 2.52. The molecule has 0 aromatic carbocycles. The summed E-state index contributed by atoms with van der Waals surface area (Å²) < 4.78 is 28.3.